The van der Waals surface area contributed by atoms with Gasteiger partial charge in [0.25, 0.3) is 5.91 Å². The van der Waals surface area contributed by atoms with Crippen molar-refractivity contribution in [3.63, 3.8) is 0 Å². The molecule has 0 saturated carbocycles. The Balaban J connectivity index is 1.90. The van der Waals surface area contributed by atoms with E-state index in [0.717, 1.165) is 12.1 Å². The third-order valence-electron chi connectivity index (χ3n) is 3.90. The molecule has 7 nitrogen and oxygen atoms in total. The molecule has 1 fully saturated rings. The third-order valence-corrected chi connectivity index (χ3v) is 3.90. The van der Waals surface area contributed by atoms with Gasteiger partial charge in [0, 0.05) is 6.04 Å². The molecule has 0 bridgehead atoms. The molecule has 1 aromatic carbocycles. The number of carbonyl (C=O) groups excluding carboxylic acids is 3. The summed E-state index contributed by atoms with van der Waals surface area (Å²) >= 11 is 0. The van der Waals surface area contributed by atoms with Gasteiger partial charge in [0.2, 0.25) is 5.91 Å². The fourth-order valence-electron chi connectivity index (χ4n) is 2.49. The molecule has 0 radical (unpaired) electrons. The van der Waals surface area contributed by atoms with Crippen molar-refractivity contribution < 1.29 is 32.7 Å². The van der Waals surface area contributed by atoms with Crippen molar-refractivity contribution in [3.8, 4) is 0 Å². The summed E-state index contributed by atoms with van der Waals surface area (Å²) in [6.07, 6.45) is -5.53. The summed E-state index contributed by atoms with van der Waals surface area (Å²) in [7, 11) is 0. The summed E-state index contributed by atoms with van der Waals surface area (Å²) < 4.78 is 38.1. The monoisotopic (exact) mass is 373 g/mol. The minimum Gasteiger partial charge on any atom is -0.381 e. The number of aliphatic hydroxyl groups is 1. The van der Waals surface area contributed by atoms with Gasteiger partial charge in [0.1, 0.15) is 6.04 Å². The molecule has 1 aromatic rings. The highest BCUT2D eigenvalue weighted by Crippen LogP contribution is 2.29. The minimum atomic E-state index is -4.42. The maximum Gasteiger partial charge on any atom is 0.416 e. The molecule has 0 spiro atoms. The predicted octanol–water partition coefficient (Wildman–Crippen LogP) is 0.712. The van der Waals surface area contributed by atoms with Gasteiger partial charge >= 0.3 is 12.2 Å². The van der Waals surface area contributed by atoms with Crippen molar-refractivity contribution in [3.05, 3.63) is 35.4 Å². The van der Waals surface area contributed by atoms with Crippen LogP contribution < -0.4 is 16.0 Å². The first-order valence-electron chi connectivity index (χ1n) is 7.84. The van der Waals surface area contributed by atoms with Crippen molar-refractivity contribution in [1.82, 2.24) is 16.0 Å². The highest BCUT2D eigenvalue weighted by molar-refractivity contribution is 6.05. The number of carbonyl (C=O) groups is 3. The fraction of sp³-hybridized carbons (Fsp3) is 0.438. The summed E-state index contributed by atoms with van der Waals surface area (Å²) in [6.45, 7) is 1.63. The van der Waals surface area contributed by atoms with Crippen molar-refractivity contribution in [2.75, 3.05) is 0 Å². The van der Waals surface area contributed by atoms with Crippen LogP contribution in [-0.2, 0) is 22.2 Å². The van der Waals surface area contributed by atoms with Gasteiger partial charge in [-0.15, -0.1) is 0 Å². The zero-order chi connectivity index (χ0) is 19.5. The first-order chi connectivity index (χ1) is 12.1. The molecule has 26 heavy (non-hydrogen) atoms. The lowest BCUT2D eigenvalue weighted by Crippen LogP contribution is -2.66. The van der Waals surface area contributed by atoms with Gasteiger partial charge in [0.15, 0.2) is 6.10 Å². The summed E-state index contributed by atoms with van der Waals surface area (Å²) in [4.78, 5) is 34.6. The Morgan fingerprint density at radius 2 is 2.04 bits per heavy atom. The predicted molar refractivity (Wildman–Crippen MR) is 83.8 cm³/mol. The van der Waals surface area contributed by atoms with E-state index < -0.39 is 47.8 Å². The largest absolute Gasteiger partial charge is 0.416 e. The van der Waals surface area contributed by atoms with Gasteiger partial charge in [-0.25, -0.2) is 4.79 Å². The molecule has 3 unspecified atom stereocenters. The first kappa shape index (κ1) is 19.7. The van der Waals surface area contributed by atoms with Crippen LogP contribution in [-0.4, -0.2) is 41.1 Å². The second-order valence-electron chi connectivity index (χ2n) is 6.03. The Bertz CT molecular complexity index is 708. The van der Waals surface area contributed by atoms with Gasteiger partial charge < -0.3 is 15.7 Å². The Hall–Kier alpha value is -2.62. The molecule has 1 aliphatic heterocycles. The van der Waals surface area contributed by atoms with Gasteiger partial charge in [-0.05, 0) is 31.4 Å². The first-order valence-corrected chi connectivity index (χ1v) is 7.84. The number of aryl methyl sites for hydroxylation is 1. The lowest BCUT2D eigenvalue weighted by atomic mass is 10.0. The van der Waals surface area contributed by atoms with E-state index in [4.69, 9.17) is 0 Å². The van der Waals surface area contributed by atoms with Crippen LogP contribution in [0, 0.1) is 0 Å². The quantitative estimate of drug-likeness (QED) is 0.610. The highest BCUT2D eigenvalue weighted by Gasteiger charge is 2.38. The SMILES string of the molecule is CC(CCc1cccc(C(F)(F)F)c1)NC(=O)C1NC(=O)NC(=O)C1O. The minimum absolute atomic E-state index is 0.283. The Kier molecular flexibility index (Phi) is 5.86. The van der Waals surface area contributed by atoms with E-state index in [1.165, 1.54) is 6.07 Å². The number of benzene rings is 1. The number of imide groups is 1. The number of nitrogens with one attached hydrogen (secondary N) is 3. The summed E-state index contributed by atoms with van der Waals surface area (Å²) in [5.74, 6) is -1.73. The van der Waals surface area contributed by atoms with Crippen LogP contribution in [0.25, 0.3) is 0 Å². The van der Waals surface area contributed by atoms with Crippen molar-refractivity contribution in [2.45, 2.75) is 44.1 Å². The molecule has 142 valence electrons. The van der Waals surface area contributed by atoms with E-state index in [0.29, 0.717) is 12.0 Å². The van der Waals surface area contributed by atoms with Crippen molar-refractivity contribution >= 4 is 17.8 Å². The van der Waals surface area contributed by atoms with E-state index in [1.54, 1.807) is 13.0 Å². The van der Waals surface area contributed by atoms with Crippen LogP contribution in [0.15, 0.2) is 24.3 Å². The van der Waals surface area contributed by atoms with Crippen LogP contribution in [0.5, 0.6) is 0 Å². The number of urea groups is 1. The molecule has 10 heteroatoms. The molecular weight excluding hydrogens is 355 g/mol. The molecule has 1 saturated heterocycles. The molecule has 2 rings (SSSR count). The summed E-state index contributed by atoms with van der Waals surface area (Å²) in [6, 6.07) is 2.12. The summed E-state index contributed by atoms with van der Waals surface area (Å²) in [5, 5.41) is 16.1. The molecule has 3 atom stereocenters. The van der Waals surface area contributed by atoms with Crippen molar-refractivity contribution in [1.29, 1.82) is 0 Å². The van der Waals surface area contributed by atoms with Crippen molar-refractivity contribution in [2.24, 2.45) is 0 Å². The topological polar surface area (TPSA) is 108 Å². The van der Waals surface area contributed by atoms with Gasteiger partial charge in [-0.3, -0.25) is 14.9 Å². The average Bonchev–Trinajstić information content (AvgIpc) is 2.55. The number of aliphatic hydroxyl groups excluding tert-OH is 1. The second-order valence-corrected chi connectivity index (χ2v) is 6.03. The zero-order valence-corrected chi connectivity index (χ0v) is 13.8. The van der Waals surface area contributed by atoms with E-state index in [9.17, 15) is 32.7 Å². The van der Waals surface area contributed by atoms with Crippen LogP contribution in [0.3, 0.4) is 0 Å². The number of hydrogen-bond acceptors (Lipinski definition) is 4. The standard InChI is InChI=1S/C16H18F3N3O4/c1-8(5-6-9-3-2-4-10(7-9)16(17,18)19)20-13(24)11-12(23)14(25)22-15(26)21-11/h2-4,7-8,11-12,23H,5-6H2,1H3,(H,20,24)(H2,21,22,25,26). The Labute approximate surface area is 146 Å². The average molecular weight is 373 g/mol. The van der Waals surface area contributed by atoms with E-state index in [-0.39, 0.29) is 6.42 Å². The zero-order valence-electron chi connectivity index (χ0n) is 13.8. The second kappa shape index (κ2) is 7.73. The molecule has 1 aliphatic rings. The van der Waals surface area contributed by atoms with Gasteiger partial charge in [-0.2, -0.15) is 13.2 Å². The number of hydrogen-bond donors (Lipinski definition) is 4. The number of rotatable bonds is 5. The lowest BCUT2D eigenvalue weighted by Gasteiger charge is -2.28. The molecular formula is C16H18F3N3O4. The van der Waals surface area contributed by atoms with Crippen LogP contribution >= 0.6 is 0 Å². The number of halogens is 3. The number of alkyl halides is 3. The van der Waals surface area contributed by atoms with Crippen LogP contribution in [0.4, 0.5) is 18.0 Å². The normalized spacial score (nSPS) is 21.6. The van der Waals surface area contributed by atoms with E-state index in [1.807, 2.05) is 5.32 Å². The third kappa shape index (κ3) is 4.94. The Morgan fingerprint density at radius 3 is 2.69 bits per heavy atom. The number of amides is 4. The maximum absolute atomic E-state index is 12.7. The summed E-state index contributed by atoms with van der Waals surface area (Å²) in [5.41, 5.74) is -0.281. The van der Waals surface area contributed by atoms with Crippen LogP contribution in [0.1, 0.15) is 24.5 Å². The van der Waals surface area contributed by atoms with Crippen LogP contribution in [0.2, 0.25) is 0 Å². The van der Waals surface area contributed by atoms with Gasteiger partial charge in [-0.1, -0.05) is 18.2 Å². The highest BCUT2D eigenvalue weighted by atomic mass is 19.4. The van der Waals surface area contributed by atoms with Gasteiger partial charge in [0.05, 0.1) is 5.56 Å². The van der Waals surface area contributed by atoms with E-state index >= 15 is 0 Å². The Morgan fingerprint density at radius 1 is 1.35 bits per heavy atom. The molecule has 4 amide bonds. The lowest BCUT2D eigenvalue weighted by molar-refractivity contribution is -0.138. The molecule has 0 aliphatic carbocycles. The molecule has 4 N–H and O–H groups in total. The maximum atomic E-state index is 12.7. The fourth-order valence-corrected chi connectivity index (χ4v) is 2.49. The molecule has 0 aromatic heterocycles. The van der Waals surface area contributed by atoms with E-state index in [2.05, 4.69) is 10.6 Å². The smallest absolute Gasteiger partial charge is 0.381 e. The molecule has 1 heterocycles.